The minimum absolute atomic E-state index is 0.117. The van der Waals surface area contributed by atoms with Crippen molar-refractivity contribution in [3.8, 4) is 5.75 Å². The summed E-state index contributed by atoms with van der Waals surface area (Å²) in [5, 5.41) is 0. The van der Waals surface area contributed by atoms with Crippen LogP contribution in [0.5, 0.6) is 5.75 Å². The van der Waals surface area contributed by atoms with Crippen LogP contribution in [0.3, 0.4) is 0 Å². The number of methoxy groups -OCH3 is 1. The fourth-order valence-corrected chi connectivity index (χ4v) is 2.86. The van der Waals surface area contributed by atoms with Gasteiger partial charge < -0.3 is 13.8 Å². The Morgan fingerprint density at radius 2 is 2.23 bits per heavy atom. The fourth-order valence-electron chi connectivity index (χ4n) is 2.54. The normalized spacial score (nSPS) is 21.9. The van der Waals surface area contributed by atoms with Crippen molar-refractivity contribution >= 4 is 16.4 Å². The predicted molar refractivity (Wildman–Crippen MR) is 75.4 cm³/mol. The van der Waals surface area contributed by atoms with Gasteiger partial charge in [-0.25, -0.2) is 0 Å². The molecule has 1 aromatic heterocycles. The van der Waals surface area contributed by atoms with Gasteiger partial charge in [0.2, 0.25) is 0 Å². The number of nitrogens with zero attached hydrogens (tertiary/aromatic N) is 2. The minimum atomic E-state index is -5.15. The van der Waals surface area contributed by atoms with Crippen LogP contribution in [0.1, 0.15) is 23.7 Å². The number of amides is 1. The smallest absolute Gasteiger partial charge is 0.384 e. The zero-order valence-corrected chi connectivity index (χ0v) is 13.1. The van der Waals surface area contributed by atoms with Gasteiger partial charge in [0.15, 0.2) is 5.75 Å². The summed E-state index contributed by atoms with van der Waals surface area (Å²) in [5.41, 5.74) is 0.0247. The lowest BCUT2D eigenvalue weighted by Crippen LogP contribution is -2.32. The van der Waals surface area contributed by atoms with Gasteiger partial charge in [-0.05, 0) is 12.5 Å². The Morgan fingerprint density at radius 1 is 1.50 bits per heavy atom. The molecule has 0 aromatic carbocycles. The van der Waals surface area contributed by atoms with E-state index in [0.717, 1.165) is 18.7 Å². The predicted octanol–water partition coefficient (Wildman–Crippen LogP) is 1.17. The number of carbonyl (C=O) groups is 1. The third-order valence-corrected chi connectivity index (χ3v) is 3.89. The van der Waals surface area contributed by atoms with Gasteiger partial charge in [0.25, 0.3) is 5.91 Å². The first-order valence-corrected chi connectivity index (χ1v) is 7.91. The van der Waals surface area contributed by atoms with E-state index in [1.807, 2.05) is 6.92 Å². The Bertz CT molecular complexity index is 666. The van der Waals surface area contributed by atoms with Crippen molar-refractivity contribution in [2.24, 2.45) is 5.41 Å². The van der Waals surface area contributed by atoms with E-state index >= 15 is 0 Å². The summed E-state index contributed by atoms with van der Waals surface area (Å²) >= 11 is 0. The molecule has 1 aromatic rings. The largest absolute Gasteiger partial charge is 0.488 e. The highest BCUT2D eigenvalue weighted by Gasteiger charge is 2.36. The first kappa shape index (κ1) is 16.6. The number of aromatic nitrogens is 1. The van der Waals surface area contributed by atoms with Crippen LogP contribution in [0.25, 0.3) is 0 Å². The summed E-state index contributed by atoms with van der Waals surface area (Å²) in [6.07, 6.45) is 3.11. The second-order valence-electron chi connectivity index (χ2n) is 5.61. The first-order chi connectivity index (χ1) is 10.2. The van der Waals surface area contributed by atoms with Crippen LogP contribution in [0.4, 0.5) is 3.89 Å². The summed E-state index contributed by atoms with van der Waals surface area (Å²) in [5.74, 6) is -0.652. The number of rotatable bonds is 5. The van der Waals surface area contributed by atoms with Gasteiger partial charge in [-0.1, -0.05) is 10.8 Å². The SMILES string of the molecule is COCC1(C)CCN(C(=O)c2cncc(OS(=O)(=O)F)c2)C1. The topological polar surface area (TPSA) is 85.8 Å². The molecule has 1 atom stereocenters. The second kappa shape index (κ2) is 6.17. The maximum atomic E-state index is 12.5. The van der Waals surface area contributed by atoms with Crippen molar-refractivity contribution in [3.05, 3.63) is 24.0 Å². The minimum Gasteiger partial charge on any atom is -0.384 e. The van der Waals surface area contributed by atoms with E-state index in [1.165, 1.54) is 6.20 Å². The molecule has 0 radical (unpaired) electrons. The van der Waals surface area contributed by atoms with E-state index in [2.05, 4.69) is 9.17 Å². The summed E-state index contributed by atoms with van der Waals surface area (Å²) in [6, 6.07) is 1.15. The zero-order valence-electron chi connectivity index (χ0n) is 12.3. The molecule has 1 amide bonds. The lowest BCUT2D eigenvalue weighted by atomic mass is 9.91. The Hall–Kier alpha value is -1.74. The van der Waals surface area contributed by atoms with Crippen molar-refractivity contribution in [3.63, 3.8) is 0 Å². The molecular formula is C13H17FN2O5S. The lowest BCUT2D eigenvalue weighted by molar-refractivity contribution is 0.0709. The molecule has 1 aliphatic heterocycles. The molecule has 2 rings (SSSR count). The lowest BCUT2D eigenvalue weighted by Gasteiger charge is -2.23. The molecule has 1 saturated heterocycles. The monoisotopic (exact) mass is 332 g/mol. The van der Waals surface area contributed by atoms with Gasteiger partial charge in [0.05, 0.1) is 18.4 Å². The van der Waals surface area contributed by atoms with Crippen molar-refractivity contribution < 1.29 is 26.0 Å². The molecule has 1 fully saturated rings. The Balaban J connectivity index is 2.12. The highest BCUT2D eigenvalue weighted by atomic mass is 32.3. The number of likely N-dealkylation sites (tertiary alicyclic amines) is 1. The van der Waals surface area contributed by atoms with Crippen LogP contribution in [0, 0.1) is 5.41 Å². The summed E-state index contributed by atoms with van der Waals surface area (Å²) in [6.45, 7) is 3.65. The van der Waals surface area contributed by atoms with Crippen molar-refractivity contribution in [1.29, 1.82) is 0 Å². The number of pyridine rings is 1. The third kappa shape index (κ3) is 4.14. The van der Waals surface area contributed by atoms with Crippen LogP contribution >= 0.6 is 0 Å². The molecule has 0 bridgehead atoms. The van der Waals surface area contributed by atoms with Crippen LogP contribution in [0.2, 0.25) is 0 Å². The molecule has 122 valence electrons. The van der Waals surface area contributed by atoms with E-state index in [9.17, 15) is 17.1 Å². The third-order valence-electron chi connectivity index (χ3n) is 3.49. The van der Waals surface area contributed by atoms with E-state index < -0.39 is 10.5 Å². The highest BCUT2D eigenvalue weighted by Crippen LogP contribution is 2.31. The number of hydrogen-bond acceptors (Lipinski definition) is 6. The average molecular weight is 332 g/mol. The second-order valence-corrected chi connectivity index (χ2v) is 6.56. The Kier molecular flexibility index (Phi) is 4.66. The molecule has 1 aliphatic rings. The van der Waals surface area contributed by atoms with Crippen LogP contribution < -0.4 is 4.18 Å². The van der Waals surface area contributed by atoms with Crippen LogP contribution in [0.15, 0.2) is 18.5 Å². The molecule has 0 aliphatic carbocycles. The van der Waals surface area contributed by atoms with Gasteiger partial charge in [0.1, 0.15) is 0 Å². The standard InChI is InChI=1S/C13H17FN2O5S/c1-13(9-20-2)3-4-16(8-13)12(17)10-5-11(7-15-6-10)21-22(14,18)19/h5-7H,3-4,8-9H2,1-2H3. The molecule has 1 unspecified atom stereocenters. The molecule has 9 heteroatoms. The van der Waals surface area contributed by atoms with Crippen molar-refractivity contribution in [1.82, 2.24) is 9.88 Å². The highest BCUT2D eigenvalue weighted by molar-refractivity contribution is 7.81. The summed E-state index contributed by atoms with van der Waals surface area (Å²) < 4.78 is 42.7. The van der Waals surface area contributed by atoms with Crippen LogP contribution in [-0.2, 0) is 15.2 Å². The van der Waals surface area contributed by atoms with Gasteiger partial charge in [-0.3, -0.25) is 9.78 Å². The summed E-state index contributed by atoms with van der Waals surface area (Å²) in [7, 11) is -3.54. The Morgan fingerprint density at radius 3 is 2.86 bits per heavy atom. The first-order valence-electron chi connectivity index (χ1n) is 6.60. The van der Waals surface area contributed by atoms with Gasteiger partial charge >= 0.3 is 10.5 Å². The van der Waals surface area contributed by atoms with E-state index in [4.69, 9.17) is 4.74 Å². The van der Waals surface area contributed by atoms with E-state index in [0.29, 0.717) is 19.7 Å². The molecular weight excluding hydrogens is 315 g/mol. The maximum Gasteiger partial charge on any atom is 0.488 e. The molecule has 0 spiro atoms. The van der Waals surface area contributed by atoms with Crippen molar-refractivity contribution in [2.45, 2.75) is 13.3 Å². The number of ether oxygens (including phenoxy) is 1. The molecule has 7 nitrogen and oxygen atoms in total. The zero-order chi connectivity index (χ0) is 16.4. The van der Waals surface area contributed by atoms with Gasteiger partial charge in [-0.2, -0.15) is 8.42 Å². The number of carbonyl (C=O) groups excluding carboxylic acids is 1. The average Bonchev–Trinajstić information content (AvgIpc) is 2.79. The summed E-state index contributed by atoms with van der Waals surface area (Å²) in [4.78, 5) is 17.7. The molecule has 2 heterocycles. The number of halogens is 1. The Labute approximate surface area is 128 Å². The fraction of sp³-hybridized carbons (Fsp3) is 0.538. The quantitative estimate of drug-likeness (QED) is 0.753. The molecule has 22 heavy (non-hydrogen) atoms. The maximum absolute atomic E-state index is 12.5. The number of hydrogen-bond donors (Lipinski definition) is 0. The van der Waals surface area contributed by atoms with Gasteiger partial charge in [-0.15, -0.1) is 0 Å². The van der Waals surface area contributed by atoms with E-state index in [1.54, 1.807) is 12.0 Å². The van der Waals surface area contributed by atoms with Crippen LogP contribution in [-0.4, -0.2) is 51.0 Å². The van der Waals surface area contributed by atoms with Crippen molar-refractivity contribution in [2.75, 3.05) is 26.8 Å². The molecule has 0 saturated carbocycles. The van der Waals surface area contributed by atoms with Gasteiger partial charge in [0, 0.05) is 31.8 Å². The molecule has 0 N–H and O–H groups in total. The van der Waals surface area contributed by atoms with E-state index in [-0.39, 0.29) is 22.6 Å².